The molecule has 3 N–H and O–H groups in total. The number of nitrogens with two attached hydrogens (primary N) is 1. The van der Waals surface area contributed by atoms with E-state index in [4.69, 9.17) is 10.6 Å². The highest BCUT2D eigenvalue weighted by Gasteiger charge is 2.15. The average molecular weight is 262 g/mol. The van der Waals surface area contributed by atoms with E-state index in [0.29, 0.717) is 6.61 Å². The molecular formula is C14H18N2OS. The molecule has 1 heterocycles. The van der Waals surface area contributed by atoms with Crippen LogP contribution in [0.5, 0.6) is 5.75 Å². The van der Waals surface area contributed by atoms with Gasteiger partial charge >= 0.3 is 0 Å². The van der Waals surface area contributed by atoms with E-state index in [1.807, 2.05) is 25.1 Å². The van der Waals surface area contributed by atoms with Gasteiger partial charge in [-0.3, -0.25) is 5.84 Å². The van der Waals surface area contributed by atoms with Gasteiger partial charge in [0, 0.05) is 4.88 Å². The molecule has 0 fully saturated rings. The van der Waals surface area contributed by atoms with Gasteiger partial charge in [0.1, 0.15) is 5.75 Å². The van der Waals surface area contributed by atoms with Gasteiger partial charge in [0.2, 0.25) is 0 Å². The van der Waals surface area contributed by atoms with Gasteiger partial charge in [0.05, 0.1) is 12.6 Å². The predicted octanol–water partition coefficient (Wildman–Crippen LogP) is 3.01. The Morgan fingerprint density at radius 2 is 2.22 bits per heavy atom. The smallest absolute Gasteiger partial charge is 0.119 e. The highest BCUT2D eigenvalue weighted by molar-refractivity contribution is 7.10. The summed E-state index contributed by atoms with van der Waals surface area (Å²) in [7, 11) is 0. The van der Waals surface area contributed by atoms with E-state index >= 15 is 0 Å². The molecule has 1 aromatic heterocycles. The summed E-state index contributed by atoms with van der Waals surface area (Å²) in [5.74, 6) is 6.58. The van der Waals surface area contributed by atoms with E-state index in [1.54, 1.807) is 11.3 Å². The largest absolute Gasteiger partial charge is 0.494 e. The molecule has 0 bridgehead atoms. The van der Waals surface area contributed by atoms with E-state index in [2.05, 4.69) is 29.9 Å². The van der Waals surface area contributed by atoms with Crippen LogP contribution in [-0.2, 0) is 0 Å². The molecule has 4 heteroatoms. The van der Waals surface area contributed by atoms with Gasteiger partial charge in [-0.2, -0.15) is 0 Å². The summed E-state index contributed by atoms with van der Waals surface area (Å²) in [6, 6.07) is 10.2. The topological polar surface area (TPSA) is 47.3 Å². The Bertz CT molecular complexity index is 510. The van der Waals surface area contributed by atoms with E-state index < -0.39 is 0 Å². The number of hydrazine groups is 1. The first-order chi connectivity index (χ1) is 8.76. The van der Waals surface area contributed by atoms with Gasteiger partial charge in [-0.1, -0.05) is 12.1 Å². The minimum absolute atomic E-state index is 0.0108. The normalized spacial score (nSPS) is 12.4. The fraction of sp³-hybridized carbons (Fsp3) is 0.286. The lowest BCUT2D eigenvalue weighted by Gasteiger charge is -2.17. The zero-order valence-electron chi connectivity index (χ0n) is 10.6. The summed E-state index contributed by atoms with van der Waals surface area (Å²) in [4.78, 5) is 1.28. The molecule has 0 aliphatic heterocycles. The first kappa shape index (κ1) is 13.1. The minimum Gasteiger partial charge on any atom is -0.494 e. The third-order valence-electron chi connectivity index (χ3n) is 2.88. The lowest BCUT2D eigenvalue weighted by Crippen LogP contribution is -2.28. The van der Waals surface area contributed by atoms with Crippen molar-refractivity contribution >= 4 is 11.3 Å². The van der Waals surface area contributed by atoms with Gasteiger partial charge in [0.15, 0.2) is 0 Å². The van der Waals surface area contributed by atoms with E-state index in [0.717, 1.165) is 11.3 Å². The maximum absolute atomic E-state index is 5.70. The van der Waals surface area contributed by atoms with Crippen LogP contribution in [0.3, 0.4) is 0 Å². The summed E-state index contributed by atoms with van der Waals surface area (Å²) in [5.41, 5.74) is 5.22. The van der Waals surface area contributed by atoms with Crippen LogP contribution >= 0.6 is 11.3 Å². The van der Waals surface area contributed by atoms with Crippen molar-refractivity contribution in [2.24, 2.45) is 5.84 Å². The Morgan fingerprint density at radius 3 is 2.83 bits per heavy atom. The minimum atomic E-state index is 0.0108. The fourth-order valence-electron chi connectivity index (χ4n) is 2.01. The highest BCUT2D eigenvalue weighted by atomic mass is 32.1. The second-order valence-electron chi connectivity index (χ2n) is 4.04. The molecule has 1 atom stereocenters. The average Bonchev–Trinajstić information content (AvgIpc) is 2.78. The summed E-state index contributed by atoms with van der Waals surface area (Å²) in [6.45, 7) is 4.76. The van der Waals surface area contributed by atoms with Gasteiger partial charge < -0.3 is 4.74 Å². The molecule has 3 nitrogen and oxygen atoms in total. The lowest BCUT2D eigenvalue weighted by atomic mass is 10.00. The van der Waals surface area contributed by atoms with Crippen molar-refractivity contribution < 1.29 is 4.74 Å². The molecule has 0 aliphatic carbocycles. The van der Waals surface area contributed by atoms with Gasteiger partial charge in [-0.25, -0.2) is 5.43 Å². The van der Waals surface area contributed by atoms with Crippen molar-refractivity contribution in [1.82, 2.24) is 5.43 Å². The first-order valence-corrected chi connectivity index (χ1v) is 6.87. The van der Waals surface area contributed by atoms with E-state index in [9.17, 15) is 0 Å². The van der Waals surface area contributed by atoms with Crippen molar-refractivity contribution in [2.45, 2.75) is 19.9 Å². The molecule has 1 aromatic carbocycles. The van der Waals surface area contributed by atoms with Crippen LogP contribution in [-0.4, -0.2) is 6.61 Å². The number of rotatable bonds is 5. The van der Waals surface area contributed by atoms with Crippen LogP contribution in [0, 0.1) is 6.92 Å². The van der Waals surface area contributed by atoms with Crippen LogP contribution in [0.1, 0.15) is 29.0 Å². The van der Waals surface area contributed by atoms with E-state index in [-0.39, 0.29) is 6.04 Å². The Hall–Kier alpha value is -1.36. The van der Waals surface area contributed by atoms with Crippen LogP contribution in [0.25, 0.3) is 0 Å². The molecule has 96 valence electrons. The Kier molecular flexibility index (Phi) is 4.36. The number of aryl methyl sites for hydroxylation is 1. The quantitative estimate of drug-likeness (QED) is 0.643. The second kappa shape index (κ2) is 6.00. The number of thiophene rings is 1. The highest BCUT2D eigenvalue weighted by Crippen LogP contribution is 2.29. The SMILES string of the molecule is CCOc1cccc(C(NN)c2ccsc2C)c1. The summed E-state index contributed by atoms with van der Waals surface area (Å²) >= 11 is 1.73. The van der Waals surface area contributed by atoms with Crippen LogP contribution in [0.4, 0.5) is 0 Å². The van der Waals surface area contributed by atoms with Gasteiger partial charge in [-0.15, -0.1) is 11.3 Å². The molecule has 0 spiro atoms. The molecule has 2 rings (SSSR count). The maximum atomic E-state index is 5.70. The lowest BCUT2D eigenvalue weighted by molar-refractivity contribution is 0.339. The van der Waals surface area contributed by atoms with Crippen molar-refractivity contribution in [3.05, 3.63) is 51.7 Å². The van der Waals surface area contributed by atoms with Crippen molar-refractivity contribution in [1.29, 1.82) is 0 Å². The van der Waals surface area contributed by atoms with Crippen molar-refractivity contribution in [2.75, 3.05) is 6.61 Å². The monoisotopic (exact) mass is 262 g/mol. The van der Waals surface area contributed by atoms with E-state index in [1.165, 1.54) is 10.4 Å². The Labute approximate surface area is 112 Å². The molecule has 0 saturated heterocycles. The molecule has 0 radical (unpaired) electrons. The number of ether oxygens (including phenoxy) is 1. The summed E-state index contributed by atoms with van der Waals surface area (Å²) < 4.78 is 5.52. The molecule has 1 unspecified atom stereocenters. The van der Waals surface area contributed by atoms with Gasteiger partial charge in [-0.05, 0) is 48.6 Å². The van der Waals surface area contributed by atoms with Crippen LogP contribution < -0.4 is 16.0 Å². The van der Waals surface area contributed by atoms with Crippen molar-refractivity contribution in [3.63, 3.8) is 0 Å². The number of benzene rings is 1. The standard InChI is InChI=1S/C14H18N2OS/c1-3-17-12-6-4-5-11(9-12)14(16-15)13-7-8-18-10(13)2/h4-9,14,16H,3,15H2,1-2H3. The molecule has 0 aliphatic rings. The Morgan fingerprint density at radius 1 is 1.39 bits per heavy atom. The third kappa shape index (κ3) is 2.72. The molecule has 18 heavy (non-hydrogen) atoms. The molecule has 2 aromatic rings. The molecule has 0 saturated carbocycles. The zero-order valence-corrected chi connectivity index (χ0v) is 11.5. The number of hydrogen-bond donors (Lipinski definition) is 2. The number of hydrogen-bond acceptors (Lipinski definition) is 4. The van der Waals surface area contributed by atoms with Gasteiger partial charge in [0.25, 0.3) is 0 Å². The first-order valence-electron chi connectivity index (χ1n) is 5.99. The van der Waals surface area contributed by atoms with Crippen molar-refractivity contribution in [3.8, 4) is 5.75 Å². The summed E-state index contributed by atoms with van der Waals surface area (Å²) in [5, 5.41) is 2.08. The summed E-state index contributed by atoms with van der Waals surface area (Å²) in [6.07, 6.45) is 0. The maximum Gasteiger partial charge on any atom is 0.119 e. The molecule has 0 amide bonds. The third-order valence-corrected chi connectivity index (χ3v) is 3.74. The predicted molar refractivity (Wildman–Crippen MR) is 75.8 cm³/mol. The molecular weight excluding hydrogens is 244 g/mol. The van der Waals surface area contributed by atoms with Crippen LogP contribution in [0.15, 0.2) is 35.7 Å². The second-order valence-corrected chi connectivity index (χ2v) is 5.16. The number of nitrogens with one attached hydrogen (secondary N) is 1. The zero-order chi connectivity index (χ0) is 13.0. The van der Waals surface area contributed by atoms with Crippen LogP contribution in [0.2, 0.25) is 0 Å². The fourth-order valence-corrected chi connectivity index (χ4v) is 2.75. The Balaban J connectivity index is 2.33.